The van der Waals surface area contributed by atoms with Gasteiger partial charge in [0.25, 0.3) is 0 Å². The Labute approximate surface area is 137 Å². The summed E-state index contributed by atoms with van der Waals surface area (Å²) in [5.41, 5.74) is 0. The molecule has 1 aromatic rings. The maximum Gasteiger partial charge on any atom is 0.320 e. The van der Waals surface area contributed by atoms with Gasteiger partial charge in [0.2, 0.25) is 0 Å². The largest absolute Gasteiger partial charge is 0.379 e. The number of ether oxygens (including phenoxy) is 1. The fraction of sp³-hybridized carbons (Fsp3) is 0.750. The minimum Gasteiger partial charge on any atom is -0.379 e. The quantitative estimate of drug-likeness (QED) is 0.804. The number of urea groups is 1. The third-order valence-electron chi connectivity index (χ3n) is 4.45. The van der Waals surface area contributed by atoms with Crippen molar-refractivity contribution in [3.63, 3.8) is 0 Å². The highest BCUT2D eigenvalue weighted by Gasteiger charge is 2.27. The lowest BCUT2D eigenvalue weighted by Gasteiger charge is -2.38. The summed E-state index contributed by atoms with van der Waals surface area (Å²) in [4.78, 5) is 14.5. The average Bonchev–Trinajstić information content (AvgIpc) is 2.97. The van der Waals surface area contributed by atoms with Crippen LogP contribution in [0.1, 0.15) is 32.4 Å². The zero-order valence-electron chi connectivity index (χ0n) is 14.3. The number of hydrogen-bond acceptors (Lipinski definition) is 5. The molecule has 7 heteroatoms. The molecule has 1 aliphatic rings. The second-order valence-electron chi connectivity index (χ2n) is 5.95. The van der Waals surface area contributed by atoms with Crippen LogP contribution in [0, 0.1) is 12.8 Å². The van der Waals surface area contributed by atoms with Crippen LogP contribution in [0.15, 0.2) is 10.6 Å². The van der Waals surface area contributed by atoms with Crippen LogP contribution in [0.25, 0.3) is 0 Å². The number of morpholine rings is 1. The Kier molecular flexibility index (Phi) is 6.85. The van der Waals surface area contributed by atoms with E-state index in [1.165, 1.54) is 0 Å². The third kappa shape index (κ3) is 5.21. The van der Waals surface area contributed by atoms with Crippen molar-refractivity contribution < 1.29 is 14.1 Å². The normalized spacial score (nSPS) is 17.2. The van der Waals surface area contributed by atoms with Gasteiger partial charge in [-0.15, -0.1) is 0 Å². The lowest BCUT2D eigenvalue weighted by molar-refractivity contribution is 0.00247. The van der Waals surface area contributed by atoms with Crippen LogP contribution in [0.5, 0.6) is 0 Å². The Morgan fingerprint density at radius 3 is 2.61 bits per heavy atom. The van der Waals surface area contributed by atoms with E-state index in [-0.39, 0.29) is 6.03 Å². The first-order chi connectivity index (χ1) is 11.1. The van der Waals surface area contributed by atoms with Crippen LogP contribution < -0.4 is 10.6 Å². The van der Waals surface area contributed by atoms with Gasteiger partial charge in [-0.2, -0.15) is 0 Å². The Morgan fingerprint density at radius 1 is 1.35 bits per heavy atom. The van der Waals surface area contributed by atoms with Crippen molar-refractivity contribution in [2.75, 3.05) is 38.2 Å². The van der Waals surface area contributed by atoms with E-state index in [0.29, 0.717) is 30.1 Å². The standard InChI is InChI=1S/C16H28N4O3/c1-4-13(5-2)14(20-6-8-22-9-7-20)11-17-16(21)18-15-10-12(3)23-19-15/h10,13-14H,4-9,11H2,1-3H3,(H2,17,18,19,21). The SMILES string of the molecule is CCC(CC)C(CNC(=O)Nc1cc(C)on1)N1CCOCC1. The van der Waals surface area contributed by atoms with Crippen LogP contribution in [0.4, 0.5) is 10.6 Å². The predicted octanol–water partition coefficient (Wildman–Crippen LogP) is 2.24. The summed E-state index contributed by atoms with van der Waals surface area (Å²) in [6.45, 7) is 10.2. The average molecular weight is 324 g/mol. The van der Waals surface area contributed by atoms with Gasteiger partial charge >= 0.3 is 6.03 Å². The molecule has 1 saturated heterocycles. The molecule has 1 fully saturated rings. The van der Waals surface area contributed by atoms with Crippen molar-refractivity contribution in [1.29, 1.82) is 0 Å². The minimum absolute atomic E-state index is 0.248. The second kappa shape index (κ2) is 8.88. The topological polar surface area (TPSA) is 79.6 Å². The number of carbonyl (C=O) groups is 1. The molecular formula is C16H28N4O3. The van der Waals surface area contributed by atoms with Gasteiger partial charge < -0.3 is 14.6 Å². The minimum atomic E-state index is -0.248. The van der Waals surface area contributed by atoms with E-state index in [9.17, 15) is 4.79 Å². The molecule has 7 nitrogen and oxygen atoms in total. The molecule has 1 aliphatic heterocycles. The zero-order valence-corrected chi connectivity index (χ0v) is 14.3. The van der Waals surface area contributed by atoms with E-state index >= 15 is 0 Å². The number of rotatable bonds is 7. The van der Waals surface area contributed by atoms with E-state index < -0.39 is 0 Å². The lowest BCUT2D eigenvalue weighted by Crippen LogP contribution is -2.52. The molecule has 2 heterocycles. The summed E-state index contributed by atoms with van der Waals surface area (Å²) >= 11 is 0. The Balaban J connectivity index is 1.89. The van der Waals surface area contributed by atoms with Crippen molar-refractivity contribution >= 4 is 11.8 Å². The molecule has 2 rings (SSSR count). The molecule has 0 aliphatic carbocycles. The number of carbonyl (C=O) groups excluding carboxylic acids is 1. The fourth-order valence-electron chi connectivity index (χ4n) is 3.12. The molecule has 1 aromatic heterocycles. The molecule has 0 bridgehead atoms. The first-order valence-electron chi connectivity index (χ1n) is 8.44. The highest BCUT2D eigenvalue weighted by atomic mass is 16.5. The van der Waals surface area contributed by atoms with Gasteiger partial charge in [-0.3, -0.25) is 10.2 Å². The smallest absolute Gasteiger partial charge is 0.320 e. The van der Waals surface area contributed by atoms with E-state index in [0.717, 1.165) is 39.1 Å². The summed E-state index contributed by atoms with van der Waals surface area (Å²) in [5.74, 6) is 1.66. The van der Waals surface area contributed by atoms with Gasteiger partial charge in [0.1, 0.15) is 5.76 Å². The molecule has 1 atom stereocenters. The molecule has 130 valence electrons. The number of anilines is 1. The maximum absolute atomic E-state index is 12.1. The van der Waals surface area contributed by atoms with Crippen LogP contribution in [-0.2, 0) is 4.74 Å². The van der Waals surface area contributed by atoms with E-state index in [4.69, 9.17) is 9.26 Å². The molecule has 0 saturated carbocycles. The first kappa shape index (κ1) is 17.7. The zero-order chi connectivity index (χ0) is 16.7. The molecule has 1 unspecified atom stereocenters. The third-order valence-corrected chi connectivity index (χ3v) is 4.45. The lowest BCUT2D eigenvalue weighted by atomic mass is 9.92. The summed E-state index contributed by atoms with van der Waals surface area (Å²) in [7, 11) is 0. The van der Waals surface area contributed by atoms with Gasteiger partial charge in [-0.1, -0.05) is 31.8 Å². The summed E-state index contributed by atoms with van der Waals surface area (Å²) in [5, 5.41) is 9.44. The van der Waals surface area contributed by atoms with Crippen molar-refractivity contribution in [3.8, 4) is 0 Å². The summed E-state index contributed by atoms with van der Waals surface area (Å²) in [6, 6.07) is 1.78. The maximum atomic E-state index is 12.1. The number of aryl methyl sites for hydroxylation is 1. The van der Waals surface area contributed by atoms with Crippen LogP contribution in [0.2, 0.25) is 0 Å². The molecule has 23 heavy (non-hydrogen) atoms. The highest BCUT2D eigenvalue weighted by molar-refractivity contribution is 5.88. The van der Waals surface area contributed by atoms with Gasteiger partial charge in [-0.25, -0.2) is 4.79 Å². The molecule has 0 spiro atoms. The molecule has 0 aromatic carbocycles. The monoisotopic (exact) mass is 324 g/mol. The van der Waals surface area contributed by atoms with Gasteiger partial charge in [-0.05, 0) is 12.8 Å². The Morgan fingerprint density at radius 2 is 2.04 bits per heavy atom. The molecule has 2 amide bonds. The Bertz CT molecular complexity index is 481. The summed E-state index contributed by atoms with van der Waals surface area (Å²) < 4.78 is 10.4. The van der Waals surface area contributed by atoms with Gasteiger partial charge in [0.05, 0.1) is 13.2 Å². The predicted molar refractivity (Wildman–Crippen MR) is 88.5 cm³/mol. The van der Waals surface area contributed by atoms with Crippen LogP contribution >= 0.6 is 0 Å². The van der Waals surface area contributed by atoms with E-state index in [2.05, 4.69) is 34.5 Å². The van der Waals surface area contributed by atoms with Gasteiger partial charge in [0, 0.05) is 31.7 Å². The number of nitrogens with zero attached hydrogens (tertiary/aromatic N) is 2. The number of hydrogen-bond donors (Lipinski definition) is 2. The number of amides is 2. The van der Waals surface area contributed by atoms with E-state index in [1.54, 1.807) is 13.0 Å². The van der Waals surface area contributed by atoms with Crippen molar-refractivity contribution in [1.82, 2.24) is 15.4 Å². The molecule has 2 N–H and O–H groups in total. The van der Waals surface area contributed by atoms with Crippen molar-refractivity contribution in [3.05, 3.63) is 11.8 Å². The van der Waals surface area contributed by atoms with Crippen molar-refractivity contribution in [2.24, 2.45) is 5.92 Å². The highest BCUT2D eigenvalue weighted by Crippen LogP contribution is 2.19. The fourth-order valence-corrected chi connectivity index (χ4v) is 3.12. The molecular weight excluding hydrogens is 296 g/mol. The van der Waals surface area contributed by atoms with Gasteiger partial charge in [0.15, 0.2) is 5.82 Å². The number of nitrogens with one attached hydrogen (secondary N) is 2. The molecule has 0 radical (unpaired) electrons. The first-order valence-corrected chi connectivity index (χ1v) is 8.44. The van der Waals surface area contributed by atoms with Crippen LogP contribution in [-0.4, -0.2) is 55.0 Å². The second-order valence-corrected chi connectivity index (χ2v) is 5.95. The Hall–Kier alpha value is -1.60. The van der Waals surface area contributed by atoms with E-state index in [1.807, 2.05) is 0 Å². The summed E-state index contributed by atoms with van der Waals surface area (Å²) in [6.07, 6.45) is 2.20. The van der Waals surface area contributed by atoms with Crippen LogP contribution in [0.3, 0.4) is 0 Å². The number of aromatic nitrogens is 1. The van der Waals surface area contributed by atoms with Crippen molar-refractivity contribution in [2.45, 2.75) is 39.7 Å².